The molecule has 2 aliphatic rings. The van der Waals surface area contributed by atoms with Crippen LogP contribution >= 0.6 is 0 Å². The summed E-state index contributed by atoms with van der Waals surface area (Å²) in [4.78, 5) is 12.2. The molecule has 0 aromatic heterocycles. The molecule has 2 aliphatic carbocycles. The van der Waals surface area contributed by atoms with Gasteiger partial charge in [0.2, 0.25) is 15.9 Å². The summed E-state index contributed by atoms with van der Waals surface area (Å²) >= 11 is 0. The summed E-state index contributed by atoms with van der Waals surface area (Å²) in [7, 11) is -3.71. The van der Waals surface area contributed by atoms with Crippen molar-refractivity contribution < 1.29 is 13.2 Å². The fourth-order valence-corrected chi connectivity index (χ4v) is 3.98. The molecule has 20 heavy (non-hydrogen) atoms. The average molecular weight is 294 g/mol. The van der Waals surface area contributed by atoms with Gasteiger partial charge >= 0.3 is 0 Å². The lowest BCUT2D eigenvalue weighted by Crippen LogP contribution is -2.22. The first-order chi connectivity index (χ1) is 9.34. The number of aryl methyl sites for hydroxylation is 1. The van der Waals surface area contributed by atoms with E-state index in [2.05, 4.69) is 5.32 Å². The van der Waals surface area contributed by atoms with Gasteiger partial charge in [0.25, 0.3) is 0 Å². The van der Waals surface area contributed by atoms with E-state index in [1.807, 2.05) is 0 Å². The molecular formula is C14H18N2O3S. The van der Waals surface area contributed by atoms with Crippen LogP contribution in [0.1, 0.15) is 24.8 Å². The summed E-state index contributed by atoms with van der Waals surface area (Å²) in [5, 5.41) is 7.98. The molecule has 0 heterocycles. The second-order valence-electron chi connectivity index (χ2n) is 5.94. The van der Waals surface area contributed by atoms with Crippen LogP contribution in [0.4, 0.5) is 5.69 Å². The molecule has 1 aromatic carbocycles. The van der Waals surface area contributed by atoms with E-state index in [0.717, 1.165) is 24.7 Å². The largest absolute Gasteiger partial charge is 0.326 e. The summed E-state index contributed by atoms with van der Waals surface area (Å²) in [6.45, 7) is 1.67. The first-order valence-electron chi connectivity index (χ1n) is 6.79. The molecule has 3 N–H and O–H groups in total. The van der Waals surface area contributed by atoms with Gasteiger partial charge in [-0.3, -0.25) is 4.79 Å². The number of amides is 1. The number of primary sulfonamides is 1. The number of nitrogens with two attached hydrogens (primary N) is 1. The van der Waals surface area contributed by atoms with Crippen LogP contribution in [0.3, 0.4) is 0 Å². The Labute approximate surface area is 118 Å². The van der Waals surface area contributed by atoms with Gasteiger partial charge in [0, 0.05) is 11.6 Å². The molecule has 2 unspecified atom stereocenters. The number of rotatable bonds is 3. The van der Waals surface area contributed by atoms with E-state index < -0.39 is 10.0 Å². The molecule has 6 heteroatoms. The van der Waals surface area contributed by atoms with Crippen molar-refractivity contribution in [3.63, 3.8) is 0 Å². The van der Waals surface area contributed by atoms with Gasteiger partial charge in [-0.15, -0.1) is 0 Å². The van der Waals surface area contributed by atoms with Crippen LogP contribution in [0.25, 0.3) is 0 Å². The Morgan fingerprint density at radius 3 is 2.45 bits per heavy atom. The van der Waals surface area contributed by atoms with Gasteiger partial charge in [-0.2, -0.15) is 0 Å². The number of carbonyl (C=O) groups excluding carboxylic acids is 1. The Balaban J connectivity index is 1.71. The number of anilines is 1. The molecule has 3 rings (SSSR count). The predicted octanol–water partition coefficient (Wildman–Crippen LogP) is 1.63. The zero-order valence-corrected chi connectivity index (χ0v) is 12.1. The third-order valence-electron chi connectivity index (χ3n) is 4.36. The minimum atomic E-state index is -3.71. The maximum absolute atomic E-state index is 12.1. The lowest BCUT2D eigenvalue weighted by Gasteiger charge is -2.13. The summed E-state index contributed by atoms with van der Waals surface area (Å²) in [6, 6.07) is 4.67. The van der Waals surface area contributed by atoms with Crippen LogP contribution in [0.5, 0.6) is 0 Å². The van der Waals surface area contributed by atoms with Crippen molar-refractivity contribution in [2.24, 2.45) is 22.9 Å². The third kappa shape index (κ3) is 2.58. The molecule has 0 aliphatic heterocycles. The number of hydrogen-bond donors (Lipinski definition) is 2. The standard InChI is InChI=1S/C14H18N2O3S/c1-8-4-12(2-3-13(8)20(15,18)19)16-14(17)11-6-9-5-10(9)7-11/h2-4,9-11H,5-7H2,1H3,(H,16,17)(H2,15,18,19). The normalized spacial score (nSPS) is 28.0. The molecule has 2 saturated carbocycles. The second-order valence-corrected chi connectivity index (χ2v) is 7.47. The van der Waals surface area contributed by atoms with Crippen LogP contribution in [-0.4, -0.2) is 14.3 Å². The molecule has 1 amide bonds. The Hall–Kier alpha value is -1.40. The summed E-state index contributed by atoms with van der Waals surface area (Å²) in [5.74, 6) is 1.67. The number of benzene rings is 1. The van der Waals surface area contributed by atoms with E-state index in [1.165, 1.54) is 12.5 Å². The minimum absolute atomic E-state index is 0.0416. The Kier molecular flexibility index (Phi) is 3.10. The predicted molar refractivity (Wildman–Crippen MR) is 75.5 cm³/mol. The topological polar surface area (TPSA) is 89.3 Å². The molecule has 5 nitrogen and oxygen atoms in total. The van der Waals surface area contributed by atoms with Gasteiger partial charge in [0.05, 0.1) is 4.90 Å². The molecule has 2 atom stereocenters. The zero-order valence-electron chi connectivity index (χ0n) is 11.3. The lowest BCUT2D eigenvalue weighted by molar-refractivity contribution is -0.120. The molecule has 0 radical (unpaired) electrons. The van der Waals surface area contributed by atoms with Crippen molar-refractivity contribution in [2.75, 3.05) is 5.32 Å². The van der Waals surface area contributed by atoms with E-state index in [9.17, 15) is 13.2 Å². The van der Waals surface area contributed by atoms with Crippen molar-refractivity contribution in [2.45, 2.75) is 31.1 Å². The van der Waals surface area contributed by atoms with Gasteiger partial charge < -0.3 is 5.32 Å². The maximum Gasteiger partial charge on any atom is 0.238 e. The molecule has 0 saturated heterocycles. The number of carbonyl (C=O) groups is 1. The third-order valence-corrected chi connectivity index (χ3v) is 5.43. The first kappa shape index (κ1) is 13.6. The summed E-state index contributed by atoms with van der Waals surface area (Å²) in [6.07, 6.45) is 3.27. The van der Waals surface area contributed by atoms with Crippen molar-refractivity contribution in [1.29, 1.82) is 0 Å². The van der Waals surface area contributed by atoms with E-state index in [1.54, 1.807) is 19.1 Å². The van der Waals surface area contributed by atoms with Crippen LogP contribution in [-0.2, 0) is 14.8 Å². The maximum atomic E-state index is 12.1. The number of fused-ring (bicyclic) bond motifs is 1. The number of sulfonamides is 1. The van der Waals surface area contributed by atoms with E-state index in [-0.39, 0.29) is 16.7 Å². The Morgan fingerprint density at radius 2 is 1.90 bits per heavy atom. The lowest BCUT2D eigenvalue weighted by atomic mass is 10.0. The van der Waals surface area contributed by atoms with Crippen molar-refractivity contribution in [3.8, 4) is 0 Å². The highest BCUT2D eigenvalue weighted by molar-refractivity contribution is 7.89. The molecule has 1 aromatic rings. The van der Waals surface area contributed by atoms with Gasteiger partial charge in [-0.05, 0) is 61.8 Å². The molecule has 0 bridgehead atoms. The fourth-order valence-electron chi connectivity index (χ4n) is 3.22. The van der Waals surface area contributed by atoms with Crippen LogP contribution in [0, 0.1) is 24.7 Å². The zero-order chi connectivity index (χ0) is 14.5. The van der Waals surface area contributed by atoms with Crippen molar-refractivity contribution in [1.82, 2.24) is 0 Å². The Morgan fingerprint density at radius 1 is 1.25 bits per heavy atom. The van der Waals surface area contributed by atoms with E-state index in [0.29, 0.717) is 11.3 Å². The molecule has 108 valence electrons. The van der Waals surface area contributed by atoms with Gasteiger partial charge in [0.15, 0.2) is 0 Å². The molecular weight excluding hydrogens is 276 g/mol. The van der Waals surface area contributed by atoms with Crippen molar-refractivity contribution in [3.05, 3.63) is 23.8 Å². The summed E-state index contributed by atoms with van der Waals surface area (Å²) in [5.41, 5.74) is 1.17. The molecule has 2 fully saturated rings. The summed E-state index contributed by atoms with van der Waals surface area (Å²) < 4.78 is 22.7. The van der Waals surface area contributed by atoms with Gasteiger partial charge in [-0.25, -0.2) is 13.6 Å². The highest BCUT2D eigenvalue weighted by atomic mass is 32.2. The molecule has 0 spiro atoms. The SMILES string of the molecule is Cc1cc(NC(=O)C2CC3CC3C2)ccc1S(N)(=O)=O. The average Bonchev–Trinajstić information content (AvgIpc) is 2.94. The quantitative estimate of drug-likeness (QED) is 0.887. The first-order valence-corrected chi connectivity index (χ1v) is 8.33. The van der Waals surface area contributed by atoms with Gasteiger partial charge in [-0.1, -0.05) is 0 Å². The monoisotopic (exact) mass is 294 g/mol. The highest BCUT2D eigenvalue weighted by Gasteiger charge is 2.47. The van der Waals surface area contributed by atoms with Crippen molar-refractivity contribution >= 4 is 21.6 Å². The second kappa shape index (κ2) is 4.56. The number of hydrogen-bond acceptors (Lipinski definition) is 3. The minimum Gasteiger partial charge on any atom is -0.326 e. The van der Waals surface area contributed by atoms with E-state index in [4.69, 9.17) is 5.14 Å². The van der Waals surface area contributed by atoms with E-state index >= 15 is 0 Å². The highest BCUT2D eigenvalue weighted by Crippen LogP contribution is 2.54. The van der Waals surface area contributed by atoms with Crippen LogP contribution < -0.4 is 10.5 Å². The Bertz CT molecular complexity index is 659. The van der Waals surface area contributed by atoms with Crippen LogP contribution in [0.15, 0.2) is 23.1 Å². The fraction of sp³-hybridized carbons (Fsp3) is 0.500. The smallest absolute Gasteiger partial charge is 0.238 e. The number of nitrogens with one attached hydrogen (secondary N) is 1. The van der Waals surface area contributed by atoms with Gasteiger partial charge in [0.1, 0.15) is 0 Å². The van der Waals surface area contributed by atoms with Crippen LogP contribution in [0.2, 0.25) is 0 Å².